The Kier molecular flexibility index (Phi) is 6.48. The number of aliphatic imine (C=N–C) groups is 1. The van der Waals surface area contributed by atoms with Crippen molar-refractivity contribution in [2.45, 2.75) is 13.0 Å². The minimum Gasteiger partial charge on any atom is -0.402 e. The number of amides is 2. The third-order valence-corrected chi connectivity index (χ3v) is 6.31. The SMILES string of the molecule is NC1=C(C2=NCCN(Cc3ccccc3F)C2=O)CN(C(=O)c2ccc(Cl)c(Cl)c2)CC1. The molecular formula is C23H21Cl2FN4O2. The van der Waals surface area contributed by atoms with E-state index in [0.717, 1.165) is 0 Å². The first-order chi connectivity index (χ1) is 15.3. The van der Waals surface area contributed by atoms with Crippen molar-refractivity contribution in [2.24, 2.45) is 10.7 Å². The van der Waals surface area contributed by atoms with Gasteiger partial charge < -0.3 is 15.5 Å². The first-order valence-corrected chi connectivity index (χ1v) is 10.9. The van der Waals surface area contributed by atoms with Crippen LogP contribution in [0.25, 0.3) is 0 Å². The van der Waals surface area contributed by atoms with Crippen LogP contribution in [0.1, 0.15) is 22.3 Å². The van der Waals surface area contributed by atoms with E-state index in [9.17, 15) is 14.0 Å². The monoisotopic (exact) mass is 474 g/mol. The van der Waals surface area contributed by atoms with Crippen LogP contribution < -0.4 is 5.73 Å². The van der Waals surface area contributed by atoms with Gasteiger partial charge in [-0.3, -0.25) is 14.6 Å². The molecule has 0 fully saturated rings. The molecule has 6 nitrogen and oxygen atoms in total. The number of carbonyl (C=O) groups is 2. The summed E-state index contributed by atoms with van der Waals surface area (Å²) in [6.45, 7) is 1.48. The van der Waals surface area contributed by atoms with Crippen LogP contribution in [-0.2, 0) is 11.3 Å². The molecule has 0 saturated carbocycles. The van der Waals surface area contributed by atoms with Gasteiger partial charge in [0.15, 0.2) is 0 Å². The minimum atomic E-state index is -0.362. The molecule has 0 unspecified atom stereocenters. The minimum absolute atomic E-state index is 0.142. The Bertz CT molecular complexity index is 1150. The lowest BCUT2D eigenvalue weighted by Crippen LogP contribution is -2.47. The van der Waals surface area contributed by atoms with Gasteiger partial charge in [0, 0.05) is 55.0 Å². The Morgan fingerprint density at radius 2 is 1.91 bits per heavy atom. The van der Waals surface area contributed by atoms with Crippen molar-refractivity contribution in [1.29, 1.82) is 0 Å². The molecule has 2 aromatic carbocycles. The number of benzene rings is 2. The Balaban J connectivity index is 1.53. The summed E-state index contributed by atoms with van der Waals surface area (Å²) in [5, 5.41) is 0.657. The zero-order valence-corrected chi connectivity index (χ0v) is 18.7. The molecule has 2 amide bonds. The van der Waals surface area contributed by atoms with E-state index in [2.05, 4.69) is 4.99 Å². The summed E-state index contributed by atoms with van der Waals surface area (Å²) in [7, 11) is 0. The number of halogens is 3. The van der Waals surface area contributed by atoms with Gasteiger partial charge in [-0.15, -0.1) is 0 Å². The van der Waals surface area contributed by atoms with Gasteiger partial charge in [0.25, 0.3) is 11.8 Å². The topological polar surface area (TPSA) is 79.0 Å². The smallest absolute Gasteiger partial charge is 0.272 e. The largest absolute Gasteiger partial charge is 0.402 e. The predicted octanol–water partition coefficient (Wildman–Crippen LogP) is 3.67. The van der Waals surface area contributed by atoms with Crippen LogP contribution in [0.3, 0.4) is 0 Å². The number of hydrogen-bond donors (Lipinski definition) is 1. The fraction of sp³-hybridized carbons (Fsp3) is 0.261. The number of carbonyl (C=O) groups excluding carboxylic acids is 2. The summed E-state index contributed by atoms with van der Waals surface area (Å²) in [6, 6.07) is 11.1. The lowest BCUT2D eigenvalue weighted by atomic mass is 9.98. The van der Waals surface area contributed by atoms with E-state index in [0.29, 0.717) is 58.5 Å². The Labute approximate surface area is 195 Å². The number of nitrogens with zero attached hydrogens (tertiary/aromatic N) is 3. The van der Waals surface area contributed by atoms with Crippen molar-refractivity contribution in [3.05, 3.63) is 80.7 Å². The third-order valence-electron chi connectivity index (χ3n) is 5.58. The van der Waals surface area contributed by atoms with E-state index >= 15 is 0 Å². The van der Waals surface area contributed by atoms with Crippen molar-refractivity contribution in [2.75, 3.05) is 26.2 Å². The highest BCUT2D eigenvalue weighted by molar-refractivity contribution is 6.46. The third kappa shape index (κ3) is 4.49. The van der Waals surface area contributed by atoms with Crippen LogP contribution in [0.5, 0.6) is 0 Å². The molecule has 2 N–H and O–H groups in total. The van der Waals surface area contributed by atoms with Gasteiger partial charge in [-0.05, 0) is 24.3 Å². The van der Waals surface area contributed by atoms with Crippen LogP contribution in [0.15, 0.2) is 58.7 Å². The molecule has 2 heterocycles. The molecule has 2 aliphatic heterocycles. The molecule has 0 bridgehead atoms. The second kappa shape index (κ2) is 9.30. The fourth-order valence-electron chi connectivity index (χ4n) is 3.80. The molecule has 9 heteroatoms. The van der Waals surface area contributed by atoms with Crippen LogP contribution in [0.4, 0.5) is 4.39 Å². The lowest BCUT2D eigenvalue weighted by molar-refractivity contribution is -0.125. The second-order valence-corrected chi connectivity index (χ2v) is 8.47. The highest BCUT2D eigenvalue weighted by Crippen LogP contribution is 2.25. The lowest BCUT2D eigenvalue weighted by Gasteiger charge is -2.33. The Hall–Kier alpha value is -2.90. The standard InChI is InChI=1S/C23H21Cl2FN4O2/c24-17-6-5-14(11-18(17)25)22(31)29-9-7-20(27)16(13-29)21-23(32)30(10-8-28-21)12-15-3-1-2-4-19(15)26/h1-6,11H,7-10,12-13,27H2. The second-order valence-electron chi connectivity index (χ2n) is 7.66. The molecule has 166 valence electrons. The van der Waals surface area contributed by atoms with Gasteiger partial charge in [0.1, 0.15) is 11.5 Å². The van der Waals surface area contributed by atoms with E-state index in [1.54, 1.807) is 40.1 Å². The maximum atomic E-state index is 14.1. The number of rotatable bonds is 4. The normalized spacial score (nSPS) is 17.0. The van der Waals surface area contributed by atoms with Crippen molar-refractivity contribution < 1.29 is 14.0 Å². The molecule has 0 saturated heterocycles. The zero-order chi connectivity index (χ0) is 22.8. The maximum Gasteiger partial charge on any atom is 0.272 e. The molecule has 32 heavy (non-hydrogen) atoms. The van der Waals surface area contributed by atoms with Crippen molar-refractivity contribution in [1.82, 2.24) is 9.80 Å². The Morgan fingerprint density at radius 3 is 2.66 bits per heavy atom. The van der Waals surface area contributed by atoms with Crippen molar-refractivity contribution in [3.63, 3.8) is 0 Å². The fourth-order valence-corrected chi connectivity index (χ4v) is 4.10. The molecule has 0 atom stereocenters. The van der Waals surface area contributed by atoms with Gasteiger partial charge in [0.2, 0.25) is 0 Å². The van der Waals surface area contributed by atoms with E-state index in [1.807, 2.05) is 0 Å². The quantitative estimate of drug-likeness (QED) is 0.733. The highest BCUT2D eigenvalue weighted by Gasteiger charge is 2.32. The van der Waals surface area contributed by atoms with Crippen LogP contribution in [-0.4, -0.2) is 53.5 Å². The van der Waals surface area contributed by atoms with Gasteiger partial charge in [-0.2, -0.15) is 0 Å². The molecule has 2 aromatic rings. The van der Waals surface area contributed by atoms with Gasteiger partial charge in [0.05, 0.1) is 16.6 Å². The summed E-state index contributed by atoms with van der Waals surface area (Å²) in [6.07, 6.45) is 0.419. The summed E-state index contributed by atoms with van der Waals surface area (Å²) in [4.78, 5) is 33.7. The molecular weight excluding hydrogens is 454 g/mol. The van der Waals surface area contributed by atoms with Crippen molar-refractivity contribution >= 4 is 40.7 Å². The first-order valence-electron chi connectivity index (χ1n) is 10.1. The van der Waals surface area contributed by atoms with E-state index in [4.69, 9.17) is 28.9 Å². The van der Waals surface area contributed by atoms with Gasteiger partial charge >= 0.3 is 0 Å². The molecule has 0 radical (unpaired) electrons. The molecule has 0 aliphatic carbocycles. The zero-order valence-electron chi connectivity index (χ0n) is 17.2. The van der Waals surface area contributed by atoms with Gasteiger partial charge in [-0.25, -0.2) is 4.39 Å². The van der Waals surface area contributed by atoms with E-state index in [-0.39, 0.29) is 36.4 Å². The summed E-state index contributed by atoms with van der Waals surface area (Å²) < 4.78 is 14.1. The molecule has 4 rings (SSSR count). The van der Waals surface area contributed by atoms with Crippen LogP contribution in [0.2, 0.25) is 10.0 Å². The summed E-state index contributed by atoms with van der Waals surface area (Å²) in [5.74, 6) is -0.916. The Morgan fingerprint density at radius 1 is 1.12 bits per heavy atom. The maximum absolute atomic E-state index is 14.1. The highest BCUT2D eigenvalue weighted by atomic mass is 35.5. The van der Waals surface area contributed by atoms with Crippen LogP contribution >= 0.6 is 23.2 Å². The van der Waals surface area contributed by atoms with E-state index < -0.39 is 0 Å². The first kappa shape index (κ1) is 22.3. The van der Waals surface area contributed by atoms with E-state index in [1.165, 1.54) is 12.1 Å². The summed E-state index contributed by atoms with van der Waals surface area (Å²) >= 11 is 12.0. The number of nitrogens with two attached hydrogens (primary N) is 1. The predicted molar refractivity (Wildman–Crippen MR) is 122 cm³/mol. The number of hydrogen-bond acceptors (Lipinski definition) is 4. The average molecular weight is 475 g/mol. The summed E-state index contributed by atoms with van der Waals surface area (Å²) in [5.41, 5.74) is 8.36. The molecule has 0 aromatic heterocycles. The molecule has 2 aliphatic rings. The van der Waals surface area contributed by atoms with Gasteiger partial charge in [-0.1, -0.05) is 41.4 Å². The average Bonchev–Trinajstić information content (AvgIpc) is 2.78. The van der Waals surface area contributed by atoms with Crippen molar-refractivity contribution in [3.8, 4) is 0 Å². The molecule has 0 spiro atoms. The van der Waals surface area contributed by atoms with Crippen LogP contribution in [0, 0.1) is 5.82 Å².